The van der Waals surface area contributed by atoms with E-state index in [-0.39, 0.29) is 0 Å². The average Bonchev–Trinajstić information content (AvgIpc) is 2.37. The van der Waals surface area contributed by atoms with Crippen LogP contribution in [0, 0.1) is 17.2 Å². The van der Waals surface area contributed by atoms with Crippen molar-refractivity contribution in [3.63, 3.8) is 0 Å². The van der Waals surface area contributed by atoms with E-state index in [2.05, 4.69) is 15.4 Å². The smallest absolute Gasteiger partial charge is 0.124 e. The number of H-pyrrole nitrogens is 1. The SMILES string of the molecule is C[C](C#N)c1c[nH]nn1. The van der Waals surface area contributed by atoms with Gasteiger partial charge in [0.15, 0.2) is 0 Å². The molecule has 0 bridgehead atoms. The first kappa shape index (κ1) is 5.76. The lowest BCUT2D eigenvalue weighted by Gasteiger charge is -1.88. The van der Waals surface area contributed by atoms with Gasteiger partial charge in [-0.25, -0.2) is 0 Å². The molecule has 0 amide bonds. The summed E-state index contributed by atoms with van der Waals surface area (Å²) in [4.78, 5) is 0. The van der Waals surface area contributed by atoms with E-state index in [1.165, 1.54) is 0 Å². The highest BCUT2D eigenvalue weighted by Crippen LogP contribution is 2.05. The van der Waals surface area contributed by atoms with Crippen molar-refractivity contribution in [3.8, 4) is 6.07 Å². The predicted octanol–water partition coefficient (Wildman–Crippen LogP) is 0.271. The lowest BCUT2D eigenvalue weighted by atomic mass is 10.1. The van der Waals surface area contributed by atoms with Gasteiger partial charge in [-0.3, -0.25) is 5.10 Å². The minimum Gasteiger partial charge on any atom is -0.265 e. The molecule has 0 saturated carbocycles. The van der Waals surface area contributed by atoms with Crippen LogP contribution in [0.15, 0.2) is 6.20 Å². The Labute approximate surface area is 52.5 Å². The molecule has 0 aliphatic rings. The van der Waals surface area contributed by atoms with Crippen molar-refractivity contribution in [1.82, 2.24) is 15.4 Å². The molecule has 1 heterocycles. The van der Waals surface area contributed by atoms with Crippen LogP contribution in [0.1, 0.15) is 12.6 Å². The quantitative estimate of drug-likeness (QED) is 0.580. The lowest BCUT2D eigenvalue weighted by molar-refractivity contribution is 0.924. The van der Waals surface area contributed by atoms with Crippen LogP contribution >= 0.6 is 0 Å². The fraction of sp³-hybridized carbons (Fsp3) is 0.200. The molecule has 1 radical (unpaired) electrons. The molecule has 0 unspecified atom stereocenters. The average molecular weight is 121 g/mol. The van der Waals surface area contributed by atoms with Gasteiger partial charge in [-0.2, -0.15) is 5.26 Å². The summed E-state index contributed by atoms with van der Waals surface area (Å²) in [6.45, 7) is 1.69. The normalized spacial score (nSPS) is 9.44. The number of nitrogens with zero attached hydrogens (tertiary/aromatic N) is 3. The third kappa shape index (κ3) is 1.05. The summed E-state index contributed by atoms with van der Waals surface area (Å²) < 4.78 is 0. The summed E-state index contributed by atoms with van der Waals surface area (Å²) in [5.41, 5.74) is 0.609. The molecule has 0 saturated heterocycles. The third-order valence-electron chi connectivity index (χ3n) is 0.969. The van der Waals surface area contributed by atoms with Crippen molar-refractivity contribution in [2.24, 2.45) is 0 Å². The van der Waals surface area contributed by atoms with Crippen LogP contribution in [-0.4, -0.2) is 15.4 Å². The molecular formula is C5H5N4. The van der Waals surface area contributed by atoms with Gasteiger partial charge in [0.1, 0.15) is 11.6 Å². The zero-order valence-corrected chi connectivity index (χ0v) is 4.92. The lowest BCUT2D eigenvalue weighted by Crippen LogP contribution is -1.89. The van der Waals surface area contributed by atoms with Gasteiger partial charge in [-0.1, -0.05) is 5.21 Å². The largest absolute Gasteiger partial charge is 0.265 e. The Morgan fingerprint density at radius 1 is 1.89 bits per heavy atom. The Bertz CT molecular complexity index is 207. The second-order valence-corrected chi connectivity index (χ2v) is 1.60. The monoisotopic (exact) mass is 121 g/mol. The number of hydrogen-bond donors (Lipinski definition) is 1. The van der Waals surface area contributed by atoms with E-state index in [9.17, 15) is 0 Å². The van der Waals surface area contributed by atoms with Gasteiger partial charge in [0.05, 0.1) is 6.07 Å². The fourth-order valence-corrected chi connectivity index (χ4v) is 0.442. The summed E-state index contributed by atoms with van der Waals surface area (Å²) in [7, 11) is 0. The van der Waals surface area contributed by atoms with E-state index < -0.39 is 0 Å². The Hall–Kier alpha value is -1.37. The highest BCUT2D eigenvalue weighted by atomic mass is 15.3. The summed E-state index contributed by atoms with van der Waals surface area (Å²) in [6, 6.07) is 1.96. The van der Waals surface area contributed by atoms with E-state index in [4.69, 9.17) is 5.26 Å². The number of aromatic amines is 1. The fourth-order valence-electron chi connectivity index (χ4n) is 0.442. The third-order valence-corrected chi connectivity index (χ3v) is 0.969. The van der Waals surface area contributed by atoms with Crippen LogP contribution in [-0.2, 0) is 0 Å². The highest BCUT2D eigenvalue weighted by molar-refractivity contribution is 5.28. The zero-order valence-electron chi connectivity index (χ0n) is 4.92. The Morgan fingerprint density at radius 2 is 2.67 bits per heavy atom. The molecule has 0 aliphatic heterocycles. The number of rotatable bonds is 1. The summed E-state index contributed by atoms with van der Waals surface area (Å²) >= 11 is 0. The topological polar surface area (TPSA) is 65.4 Å². The molecule has 4 heteroatoms. The number of aromatic nitrogens is 3. The number of nitrogens with one attached hydrogen (secondary N) is 1. The Kier molecular flexibility index (Phi) is 1.45. The van der Waals surface area contributed by atoms with Crippen molar-refractivity contribution >= 4 is 0 Å². The van der Waals surface area contributed by atoms with Gasteiger partial charge in [-0.15, -0.1) is 5.10 Å². The van der Waals surface area contributed by atoms with Crippen LogP contribution in [0.25, 0.3) is 0 Å². The molecule has 45 valence electrons. The molecular weight excluding hydrogens is 116 g/mol. The second-order valence-electron chi connectivity index (χ2n) is 1.60. The van der Waals surface area contributed by atoms with Gasteiger partial charge in [0.2, 0.25) is 0 Å². The van der Waals surface area contributed by atoms with Crippen LogP contribution in [0.5, 0.6) is 0 Å². The summed E-state index contributed by atoms with van der Waals surface area (Å²) in [6.07, 6.45) is 1.58. The maximum absolute atomic E-state index is 8.34. The van der Waals surface area contributed by atoms with Crippen molar-refractivity contribution in [1.29, 1.82) is 5.26 Å². The molecule has 0 atom stereocenters. The molecule has 0 spiro atoms. The maximum atomic E-state index is 8.34. The molecule has 4 nitrogen and oxygen atoms in total. The maximum Gasteiger partial charge on any atom is 0.124 e. The molecule has 1 aromatic heterocycles. The molecule has 9 heavy (non-hydrogen) atoms. The predicted molar refractivity (Wildman–Crippen MR) is 30.0 cm³/mol. The minimum absolute atomic E-state index is 0.573. The zero-order chi connectivity index (χ0) is 6.69. The minimum atomic E-state index is 0.573. The van der Waals surface area contributed by atoms with Crippen LogP contribution < -0.4 is 0 Å². The van der Waals surface area contributed by atoms with Gasteiger partial charge in [0, 0.05) is 6.20 Å². The van der Waals surface area contributed by atoms with E-state index in [1.54, 1.807) is 13.1 Å². The van der Waals surface area contributed by atoms with Gasteiger partial charge >= 0.3 is 0 Å². The van der Waals surface area contributed by atoms with Crippen LogP contribution in [0.2, 0.25) is 0 Å². The summed E-state index contributed by atoms with van der Waals surface area (Å²) in [5.74, 6) is 0.573. The molecule has 1 N–H and O–H groups in total. The van der Waals surface area contributed by atoms with Crippen LogP contribution in [0.3, 0.4) is 0 Å². The first-order chi connectivity index (χ1) is 4.34. The van der Waals surface area contributed by atoms with Gasteiger partial charge < -0.3 is 0 Å². The van der Waals surface area contributed by atoms with E-state index >= 15 is 0 Å². The summed E-state index contributed by atoms with van der Waals surface area (Å²) in [5, 5.41) is 17.9. The van der Waals surface area contributed by atoms with Gasteiger partial charge in [0.25, 0.3) is 0 Å². The standard InChI is InChI=1S/C5H5N4/c1-4(2-6)5-3-7-9-8-5/h3H,1H3,(H,7,8,9). The van der Waals surface area contributed by atoms with Crippen molar-refractivity contribution in [2.45, 2.75) is 6.92 Å². The highest BCUT2D eigenvalue weighted by Gasteiger charge is 2.05. The van der Waals surface area contributed by atoms with E-state index in [1.807, 2.05) is 6.07 Å². The van der Waals surface area contributed by atoms with Crippen molar-refractivity contribution in [2.75, 3.05) is 0 Å². The number of nitriles is 1. The first-order valence-corrected chi connectivity index (χ1v) is 2.45. The van der Waals surface area contributed by atoms with Crippen molar-refractivity contribution in [3.05, 3.63) is 17.8 Å². The van der Waals surface area contributed by atoms with E-state index in [0.717, 1.165) is 0 Å². The first-order valence-electron chi connectivity index (χ1n) is 2.45. The molecule has 1 aromatic rings. The Balaban J connectivity index is 2.80. The number of hydrogen-bond acceptors (Lipinski definition) is 3. The van der Waals surface area contributed by atoms with Crippen LogP contribution in [0.4, 0.5) is 0 Å². The van der Waals surface area contributed by atoms with Gasteiger partial charge in [-0.05, 0) is 6.92 Å². The second kappa shape index (κ2) is 2.27. The molecule has 0 aliphatic carbocycles. The van der Waals surface area contributed by atoms with Crippen molar-refractivity contribution < 1.29 is 0 Å². The molecule has 1 rings (SSSR count). The Morgan fingerprint density at radius 3 is 3.11 bits per heavy atom. The van der Waals surface area contributed by atoms with E-state index in [0.29, 0.717) is 11.6 Å². The molecule has 0 aromatic carbocycles. The molecule has 0 fully saturated rings.